The maximum atomic E-state index is 13.0. The number of hydrogen-bond donors (Lipinski definition) is 1. The molecule has 7 nitrogen and oxygen atoms in total. The third kappa shape index (κ3) is 3.06. The number of anilines is 2. The summed E-state index contributed by atoms with van der Waals surface area (Å²) >= 11 is 11.8. The lowest BCUT2D eigenvalue weighted by Gasteiger charge is -2.08. The molecule has 0 fully saturated rings. The number of hydrogen-bond acceptors (Lipinski definition) is 6. The smallest absolute Gasteiger partial charge is 0.258 e. The third-order valence-corrected chi connectivity index (χ3v) is 2.88. The lowest BCUT2D eigenvalue weighted by atomic mass is 10.3. The van der Waals surface area contributed by atoms with Crippen molar-refractivity contribution in [2.24, 2.45) is 0 Å². The van der Waals surface area contributed by atoms with Gasteiger partial charge in [0.15, 0.2) is 0 Å². The molecule has 0 amide bonds. The fraction of sp³-hybridized carbons (Fsp3) is 0. The molecule has 0 spiro atoms. The molecule has 0 aliphatic heterocycles. The normalized spacial score (nSPS) is 10.6. The van der Waals surface area contributed by atoms with Gasteiger partial charge in [-0.25, -0.2) is 9.37 Å². The molecule has 3 aromatic rings. The first kappa shape index (κ1) is 13.7. The zero-order chi connectivity index (χ0) is 14.8. The highest BCUT2D eigenvalue weighted by molar-refractivity contribution is 6.33. The molecule has 0 saturated heterocycles. The Bertz CT molecular complexity index is 778. The van der Waals surface area contributed by atoms with Gasteiger partial charge in [-0.1, -0.05) is 11.6 Å². The van der Waals surface area contributed by atoms with Crippen LogP contribution >= 0.6 is 23.2 Å². The Morgan fingerprint density at radius 3 is 2.71 bits per heavy atom. The van der Waals surface area contributed by atoms with E-state index in [1.807, 2.05) is 0 Å². The van der Waals surface area contributed by atoms with Crippen LogP contribution in [-0.2, 0) is 0 Å². The molecule has 0 saturated carbocycles. The number of nitrogens with zero attached hydrogens (tertiary/aromatic N) is 6. The predicted octanol–water partition coefficient (Wildman–Crippen LogP) is 2.64. The van der Waals surface area contributed by atoms with Gasteiger partial charge in [0.1, 0.15) is 18.5 Å². The Kier molecular flexibility index (Phi) is 3.63. The van der Waals surface area contributed by atoms with Crippen molar-refractivity contribution < 1.29 is 4.39 Å². The summed E-state index contributed by atoms with van der Waals surface area (Å²) in [4.78, 5) is 15.8. The van der Waals surface area contributed by atoms with E-state index in [2.05, 4.69) is 30.4 Å². The second-order valence-corrected chi connectivity index (χ2v) is 4.56. The van der Waals surface area contributed by atoms with Crippen LogP contribution in [0.25, 0.3) is 5.95 Å². The van der Waals surface area contributed by atoms with Gasteiger partial charge in [-0.15, -0.1) is 0 Å². The summed E-state index contributed by atoms with van der Waals surface area (Å²) in [7, 11) is 0. The molecule has 0 unspecified atom stereocenters. The molecule has 0 aliphatic rings. The van der Waals surface area contributed by atoms with Gasteiger partial charge in [-0.05, 0) is 29.8 Å². The summed E-state index contributed by atoms with van der Waals surface area (Å²) in [5, 5.41) is 6.89. The van der Waals surface area contributed by atoms with E-state index >= 15 is 0 Å². The van der Waals surface area contributed by atoms with Crippen LogP contribution in [0.3, 0.4) is 0 Å². The lowest BCUT2D eigenvalue weighted by Crippen LogP contribution is -2.07. The third-order valence-electron chi connectivity index (χ3n) is 2.40. The van der Waals surface area contributed by atoms with Gasteiger partial charge in [0.2, 0.25) is 11.2 Å². The minimum absolute atomic E-state index is 0.0313. The van der Waals surface area contributed by atoms with Crippen LogP contribution in [0.15, 0.2) is 30.9 Å². The molecule has 3 rings (SSSR count). The molecule has 106 valence electrons. The number of rotatable bonds is 3. The molecule has 10 heteroatoms. The zero-order valence-electron chi connectivity index (χ0n) is 10.2. The first-order valence-electron chi connectivity index (χ1n) is 5.60. The van der Waals surface area contributed by atoms with E-state index in [-0.39, 0.29) is 22.2 Å². The molecular formula is C11H6Cl2FN7. The number of nitrogens with one attached hydrogen (secondary N) is 1. The van der Waals surface area contributed by atoms with Crippen LogP contribution in [0.2, 0.25) is 10.3 Å². The van der Waals surface area contributed by atoms with Crippen molar-refractivity contribution in [3.05, 3.63) is 47.0 Å². The highest BCUT2D eigenvalue weighted by atomic mass is 35.5. The van der Waals surface area contributed by atoms with Crippen LogP contribution in [0.5, 0.6) is 0 Å². The molecule has 1 N–H and O–H groups in total. The van der Waals surface area contributed by atoms with Gasteiger partial charge in [0.05, 0.1) is 10.7 Å². The molecule has 0 bridgehead atoms. The van der Waals surface area contributed by atoms with Gasteiger partial charge in [0.25, 0.3) is 5.95 Å². The van der Waals surface area contributed by atoms with Crippen LogP contribution in [-0.4, -0.2) is 29.7 Å². The van der Waals surface area contributed by atoms with Gasteiger partial charge in [-0.3, -0.25) is 0 Å². The maximum absolute atomic E-state index is 13.0. The maximum Gasteiger partial charge on any atom is 0.258 e. The highest BCUT2D eigenvalue weighted by Crippen LogP contribution is 2.25. The number of benzene rings is 1. The van der Waals surface area contributed by atoms with Crippen LogP contribution in [0.1, 0.15) is 0 Å². The summed E-state index contributed by atoms with van der Waals surface area (Å²) in [6, 6.07) is 3.89. The van der Waals surface area contributed by atoms with Crippen LogP contribution < -0.4 is 5.32 Å². The van der Waals surface area contributed by atoms with Crippen molar-refractivity contribution in [3.8, 4) is 5.95 Å². The van der Waals surface area contributed by atoms with Crippen molar-refractivity contribution >= 4 is 34.8 Å². The first-order valence-corrected chi connectivity index (χ1v) is 6.36. The standard InChI is InChI=1S/C11H6Cl2FN7/c12-7-3-6(14)1-2-8(7)17-10-18-9(13)19-11(20-10)21-5-15-4-16-21/h1-5H,(H,17,18,19,20). The van der Waals surface area contributed by atoms with Crippen LogP contribution in [0, 0.1) is 5.82 Å². The van der Waals surface area contributed by atoms with Crippen molar-refractivity contribution in [3.63, 3.8) is 0 Å². The van der Waals surface area contributed by atoms with Gasteiger partial charge in [0, 0.05) is 0 Å². The lowest BCUT2D eigenvalue weighted by molar-refractivity contribution is 0.628. The average molecular weight is 326 g/mol. The van der Waals surface area contributed by atoms with Gasteiger partial charge >= 0.3 is 0 Å². The van der Waals surface area contributed by atoms with Crippen molar-refractivity contribution in [2.75, 3.05) is 5.32 Å². The Balaban J connectivity index is 1.95. The second-order valence-electron chi connectivity index (χ2n) is 3.82. The SMILES string of the molecule is Fc1ccc(Nc2nc(Cl)nc(-n3cncn3)n2)c(Cl)c1. The molecule has 0 atom stereocenters. The summed E-state index contributed by atoms with van der Waals surface area (Å²) in [6.45, 7) is 0. The molecule has 0 aliphatic carbocycles. The number of aromatic nitrogens is 6. The first-order chi connectivity index (χ1) is 10.1. The summed E-state index contributed by atoms with van der Waals surface area (Å²) in [6.07, 6.45) is 2.75. The van der Waals surface area contributed by atoms with E-state index < -0.39 is 5.82 Å². The van der Waals surface area contributed by atoms with E-state index in [0.29, 0.717) is 5.69 Å². The van der Waals surface area contributed by atoms with Crippen LogP contribution in [0.4, 0.5) is 16.0 Å². The van der Waals surface area contributed by atoms with Gasteiger partial charge < -0.3 is 5.32 Å². The largest absolute Gasteiger partial charge is 0.323 e. The Morgan fingerprint density at radius 2 is 2.00 bits per heavy atom. The molecule has 2 aromatic heterocycles. The van der Waals surface area contributed by atoms with Crippen molar-refractivity contribution in [1.29, 1.82) is 0 Å². The Hall–Kier alpha value is -2.32. The Morgan fingerprint density at radius 1 is 1.14 bits per heavy atom. The fourth-order valence-electron chi connectivity index (χ4n) is 1.52. The van der Waals surface area contributed by atoms with Crippen molar-refractivity contribution in [2.45, 2.75) is 0 Å². The van der Waals surface area contributed by atoms with E-state index in [1.54, 1.807) is 0 Å². The molecule has 1 aromatic carbocycles. The van der Waals surface area contributed by atoms with Crippen molar-refractivity contribution in [1.82, 2.24) is 29.7 Å². The number of halogens is 3. The molecular weight excluding hydrogens is 320 g/mol. The fourth-order valence-corrected chi connectivity index (χ4v) is 1.89. The van der Waals surface area contributed by atoms with E-state index in [4.69, 9.17) is 23.2 Å². The van der Waals surface area contributed by atoms with E-state index in [0.717, 1.165) is 0 Å². The quantitative estimate of drug-likeness (QED) is 0.797. The molecule has 0 radical (unpaired) electrons. The molecule has 21 heavy (non-hydrogen) atoms. The topological polar surface area (TPSA) is 81.4 Å². The zero-order valence-corrected chi connectivity index (χ0v) is 11.7. The monoisotopic (exact) mass is 325 g/mol. The summed E-state index contributed by atoms with van der Waals surface area (Å²) in [5.41, 5.74) is 0.435. The second kappa shape index (κ2) is 5.58. The minimum atomic E-state index is -0.442. The van der Waals surface area contributed by atoms with E-state index in [9.17, 15) is 4.39 Å². The minimum Gasteiger partial charge on any atom is -0.323 e. The van der Waals surface area contributed by atoms with E-state index in [1.165, 1.54) is 35.5 Å². The summed E-state index contributed by atoms with van der Waals surface area (Å²) < 4.78 is 14.3. The predicted molar refractivity (Wildman–Crippen MR) is 74.4 cm³/mol. The summed E-state index contributed by atoms with van der Waals surface area (Å²) in [5.74, 6) is -0.107. The highest BCUT2D eigenvalue weighted by Gasteiger charge is 2.09. The average Bonchev–Trinajstić information content (AvgIpc) is 2.95. The Labute approximate surface area is 127 Å². The van der Waals surface area contributed by atoms with Gasteiger partial charge in [-0.2, -0.15) is 24.7 Å². The molecule has 2 heterocycles.